The minimum absolute atomic E-state index is 0.137. The molecule has 0 radical (unpaired) electrons. The first-order valence-corrected chi connectivity index (χ1v) is 10.3. The summed E-state index contributed by atoms with van der Waals surface area (Å²) in [6.07, 6.45) is 1.59. The molecule has 0 atom stereocenters. The highest BCUT2D eigenvalue weighted by Gasteiger charge is 2.18. The zero-order chi connectivity index (χ0) is 19.3. The maximum atomic E-state index is 12.8. The van der Waals surface area contributed by atoms with Crippen LogP contribution in [0.1, 0.15) is 19.4 Å². The molecule has 3 aromatic rings. The quantitative estimate of drug-likeness (QED) is 0.641. The maximum absolute atomic E-state index is 12.8. The Kier molecular flexibility index (Phi) is 5.93. The molecule has 0 bridgehead atoms. The molecule has 1 heterocycles. The summed E-state index contributed by atoms with van der Waals surface area (Å²) in [7, 11) is -3.72. The van der Waals surface area contributed by atoms with E-state index >= 15 is 0 Å². The molecule has 1 aromatic heterocycles. The Balaban J connectivity index is 1.84. The summed E-state index contributed by atoms with van der Waals surface area (Å²) in [5.41, 5.74) is 1.23. The molecule has 6 nitrogen and oxygen atoms in total. The van der Waals surface area contributed by atoms with Crippen LogP contribution in [0.5, 0.6) is 11.5 Å². The number of ether oxygens (including phenoxy) is 2. The summed E-state index contributed by atoms with van der Waals surface area (Å²) in [6.45, 7) is 4.95. The van der Waals surface area contributed by atoms with Gasteiger partial charge in [-0.05, 0) is 43.7 Å². The number of hydrogen-bond donors (Lipinski definition) is 1. The highest BCUT2D eigenvalue weighted by Crippen LogP contribution is 2.29. The number of hydrogen-bond acceptors (Lipinski definition) is 5. The second-order valence-electron chi connectivity index (χ2n) is 5.80. The number of nitrogens with zero attached hydrogens (tertiary/aromatic N) is 1. The van der Waals surface area contributed by atoms with E-state index in [0.717, 1.165) is 10.9 Å². The smallest absolute Gasteiger partial charge is 0.243 e. The van der Waals surface area contributed by atoms with Crippen molar-refractivity contribution in [1.29, 1.82) is 0 Å². The lowest BCUT2D eigenvalue weighted by Gasteiger charge is -2.13. The van der Waals surface area contributed by atoms with E-state index in [2.05, 4.69) is 9.71 Å². The second kappa shape index (κ2) is 8.37. The van der Waals surface area contributed by atoms with Crippen LogP contribution < -0.4 is 14.2 Å². The second-order valence-corrected chi connectivity index (χ2v) is 7.54. The molecule has 0 saturated carbocycles. The maximum Gasteiger partial charge on any atom is 0.243 e. The molecule has 0 aliphatic carbocycles. The summed E-state index contributed by atoms with van der Waals surface area (Å²) >= 11 is 0. The van der Waals surface area contributed by atoms with Gasteiger partial charge in [0.05, 0.1) is 18.7 Å². The van der Waals surface area contributed by atoms with Gasteiger partial charge >= 0.3 is 0 Å². The number of rotatable bonds is 8. The van der Waals surface area contributed by atoms with E-state index in [1.807, 2.05) is 32.0 Å². The average Bonchev–Trinajstić information content (AvgIpc) is 2.68. The van der Waals surface area contributed by atoms with Crippen molar-refractivity contribution < 1.29 is 17.9 Å². The first-order chi connectivity index (χ1) is 13.0. The third-order valence-electron chi connectivity index (χ3n) is 3.96. The third kappa shape index (κ3) is 4.37. The fourth-order valence-electron chi connectivity index (χ4n) is 2.75. The van der Waals surface area contributed by atoms with Crippen LogP contribution in [-0.4, -0.2) is 26.6 Å². The van der Waals surface area contributed by atoms with Gasteiger partial charge in [0.25, 0.3) is 0 Å². The first-order valence-electron chi connectivity index (χ1n) is 8.77. The van der Waals surface area contributed by atoms with Crippen LogP contribution in [0.2, 0.25) is 0 Å². The Morgan fingerprint density at radius 1 is 0.963 bits per heavy atom. The summed E-state index contributed by atoms with van der Waals surface area (Å²) < 4.78 is 39.4. The van der Waals surface area contributed by atoms with Crippen molar-refractivity contribution in [3.8, 4) is 11.5 Å². The molecular weight excluding hydrogens is 364 g/mol. The van der Waals surface area contributed by atoms with Crippen LogP contribution in [0.3, 0.4) is 0 Å². The molecule has 3 rings (SSSR count). The van der Waals surface area contributed by atoms with Crippen molar-refractivity contribution in [3.05, 3.63) is 60.3 Å². The normalized spacial score (nSPS) is 11.5. The minimum atomic E-state index is -3.72. The Morgan fingerprint density at radius 3 is 2.48 bits per heavy atom. The molecule has 7 heteroatoms. The topological polar surface area (TPSA) is 77.5 Å². The number of pyridine rings is 1. The predicted octanol–water partition coefficient (Wildman–Crippen LogP) is 3.51. The molecule has 0 fully saturated rings. The van der Waals surface area contributed by atoms with Crippen LogP contribution in [0, 0.1) is 0 Å². The zero-order valence-corrected chi connectivity index (χ0v) is 16.1. The van der Waals surface area contributed by atoms with Gasteiger partial charge in [-0.25, -0.2) is 13.1 Å². The summed E-state index contributed by atoms with van der Waals surface area (Å²) in [6, 6.07) is 14.1. The summed E-state index contributed by atoms with van der Waals surface area (Å²) in [4.78, 5) is 4.38. The number of aromatic nitrogens is 1. The van der Waals surface area contributed by atoms with Crippen LogP contribution in [0.15, 0.2) is 59.6 Å². The van der Waals surface area contributed by atoms with Crippen molar-refractivity contribution in [2.75, 3.05) is 13.2 Å². The van der Waals surface area contributed by atoms with Gasteiger partial charge < -0.3 is 9.47 Å². The molecule has 0 aliphatic heterocycles. The average molecular weight is 386 g/mol. The Bertz CT molecular complexity index is 1030. The van der Waals surface area contributed by atoms with Crippen molar-refractivity contribution in [1.82, 2.24) is 9.71 Å². The first kappa shape index (κ1) is 19.1. The van der Waals surface area contributed by atoms with Crippen LogP contribution in [0.25, 0.3) is 10.9 Å². The molecule has 142 valence electrons. The third-order valence-corrected chi connectivity index (χ3v) is 5.39. The van der Waals surface area contributed by atoms with Crippen LogP contribution in [0.4, 0.5) is 0 Å². The molecule has 0 amide bonds. The molecule has 0 spiro atoms. The van der Waals surface area contributed by atoms with Gasteiger partial charge in [0.15, 0.2) is 11.5 Å². The predicted molar refractivity (Wildman–Crippen MR) is 105 cm³/mol. The highest BCUT2D eigenvalue weighted by atomic mass is 32.2. The lowest BCUT2D eigenvalue weighted by atomic mass is 10.2. The monoisotopic (exact) mass is 386 g/mol. The summed E-state index contributed by atoms with van der Waals surface area (Å²) in [5.74, 6) is 1.24. The summed E-state index contributed by atoms with van der Waals surface area (Å²) in [5, 5.41) is 0.778. The lowest BCUT2D eigenvalue weighted by Crippen LogP contribution is -2.23. The van der Waals surface area contributed by atoms with Crippen molar-refractivity contribution in [3.63, 3.8) is 0 Å². The molecule has 0 saturated heterocycles. The number of para-hydroxylation sites is 1. The molecule has 0 unspecified atom stereocenters. The number of benzene rings is 2. The molecular formula is C20H22N2O4S. The van der Waals surface area contributed by atoms with Gasteiger partial charge in [-0.3, -0.25) is 4.98 Å². The molecule has 27 heavy (non-hydrogen) atoms. The molecule has 1 N–H and O–H groups in total. The van der Waals surface area contributed by atoms with Gasteiger partial charge in [-0.1, -0.05) is 24.3 Å². The highest BCUT2D eigenvalue weighted by molar-refractivity contribution is 7.89. The van der Waals surface area contributed by atoms with E-state index in [-0.39, 0.29) is 11.4 Å². The van der Waals surface area contributed by atoms with E-state index in [1.54, 1.807) is 36.5 Å². The van der Waals surface area contributed by atoms with E-state index in [4.69, 9.17) is 9.47 Å². The SMILES string of the molecule is CCOc1ccc(CNS(=O)(=O)c2cccc3cccnc23)cc1OCC. The number of sulfonamides is 1. The largest absolute Gasteiger partial charge is 0.490 e. The molecule has 0 aliphatic rings. The Morgan fingerprint density at radius 2 is 1.70 bits per heavy atom. The molecule has 2 aromatic carbocycles. The van der Waals surface area contributed by atoms with Crippen molar-refractivity contribution in [2.45, 2.75) is 25.3 Å². The fourth-order valence-corrected chi connectivity index (χ4v) is 3.95. The van der Waals surface area contributed by atoms with E-state index in [0.29, 0.717) is 30.2 Å². The minimum Gasteiger partial charge on any atom is -0.490 e. The van der Waals surface area contributed by atoms with Crippen molar-refractivity contribution >= 4 is 20.9 Å². The van der Waals surface area contributed by atoms with Crippen LogP contribution in [-0.2, 0) is 16.6 Å². The van der Waals surface area contributed by atoms with Crippen molar-refractivity contribution in [2.24, 2.45) is 0 Å². The Labute approximate surface area is 159 Å². The zero-order valence-electron chi connectivity index (χ0n) is 15.3. The fraction of sp³-hybridized carbons (Fsp3) is 0.250. The van der Waals surface area contributed by atoms with E-state index < -0.39 is 10.0 Å². The number of fused-ring (bicyclic) bond motifs is 1. The van der Waals surface area contributed by atoms with Gasteiger partial charge in [0.2, 0.25) is 10.0 Å². The van der Waals surface area contributed by atoms with Gasteiger partial charge in [-0.2, -0.15) is 0 Å². The van der Waals surface area contributed by atoms with Gasteiger partial charge in [-0.15, -0.1) is 0 Å². The standard InChI is InChI=1S/C20H22N2O4S/c1-3-25-17-11-10-15(13-18(17)26-4-2)14-22-27(23,24)19-9-5-7-16-8-6-12-21-20(16)19/h5-13,22H,3-4,14H2,1-2H3. The lowest BCUT2D eigenvalue weighted by molar-refractivity contribution is 0.287. The number of nitrogens with one attached hydrogen (secondary N) is 1. The van der Waals surface area contributed by atoms with E-state index in [9.17, 15) is 8.42 Å². The van der Waals surface area contributed by atoms with E-state index in [1.165, 1.54) is 0 Å². The van der Waals surface area contributed by atoms with Gasteiger partial charge in [0, 0.05) is 18.1 Å². The van der Waals surface area contributed by atoms with Gasteiger partial charge in [0.1, 0.15) is 4.90 Å². The Hall–Kier alpha value is -2.64. The van der Waals surface area contributed by atoms with Crippen LogP contribution >= 0.6 is 0 Å².